The molecule has 6 heteroatoms. The molecule has 2 aromatic carbocycles. The number of benzene rings is 2. The van der Waals surface area contributed by atoms with E-state index in [0.29, 0.717) is 24.3 Å². The van der Waals surface area contributed by atoms with Gasteiger partial charge in [0.1, 0.15) is 0 Å². The molecular weight excluding hydrogens is 344 g/mol. The molecule has 0 atom stereocenters. The van der Waals surface area contributed by atoms with Gasteiger partial charge in [0.05, 0.1) is 12.7 Å². The minimum atomic E-state index is -0.466. The summed E-state index contributed by atoms with van der Waals surface area (Å²) in [5, 5.41) is 2.74. The van der Waals surface area contributed by atoms with E-state index in [2.05, 4.69) is 10.1 Å². The second kappa shape index (κ2) is 9.52. The Balaban J connectivity index is 1.93. The Morgan fingerprint density at radius 3 is 2.41 bits per heavy atom. The van der Waals surface area contributed by atoms with Crippen LogP contribution in [0.5, 0.6) is 0 Å². The van der Waals surface area contributed by atoms with Gasteiger partial charge in [-0.25, -0.2) is 4.79 Å². The summed E-state index contributed by atoms with van der Waals surface area (Å²) in [6.45, 7) is 4.27. The number of methoxy groups -OCH3 is 1. The van der Waals surface area contributed by atoms with Crippen LogP contribution in [0, 0.1) is 6.92 Å². The summed E-state index contributed by atoms with van der Waals surface area (Å²) in [6.07, 6.45) is 0.161. The lowest BCUT2D eigenvalue weighted by Gasteiger charge is -2.21. The summed E-state index contributed by atoms with van der Waals surface area (Å²) in [7, 11) is 1.30. The fraction of sp³-hybridized carbons (Fsp3) is 0.286. The number of aryl methyl sites for hydroxylation is 1. The van der Waals surface area contributed by atoms with Crippen LogP contribution in [0.15, 0.2) is 48.5 Å². The van der Waals surface area contributed by atoms with E-state index in [1.54, 1.807) is 29.2 Å². The number of ether oxygens (including phenoxy) is 1. The van der Waals surface area contributed by atoms with Crippen molar-refractivity contribution in [1.29, 1.82) is 0 Å². The smallest absolute Gasteiger partial charge is 0.337 e. The summed E-state index contributed by atoms with van der Waals surface area (Å²) in [4.78, 5) is 37.3. The molecule has 0 aromatic heterocycles. The molecular formula is C21H24N2O4. The van der Waals surface area contributed by atoms with Crippen LogP contribution in [0.3, 0.4) is 0 Å². The van der Waals surface area contributed by atoms with Gasteiger partial charge in [-0.3, -0.25) is 9.59 Å². The number of hydrogen-bond donors (Lipinski definition) is 1. The van der Waals surface area contributed by atoms with Crippen LogP contribution < -0.4 is 5.32 Å². The zero-order valence-corrected chi connectivity index (χ0v) is 15.8. The van der Waals surface area contributed by atoms with E-state index in [-0.39, 0.29) is 18.2 Å². The summed E-state index contributed by atoms with van der Waals surface area (Å²) < 4.78 is 4.67. The Kier molecular flexibility index (Phi) is 7.11. The van der Waals surface area contributed by atoms with E-state index in [9.17, 15) is 14.4 Å². The molecule has 0 aliphatic carbocycles. The van der Waals surface area contributed by atoms with Crippen LogP contribution >= 0.6 is 0 Å². The van der Waals surface area contributed by atoms with Crippen molar-refractivity contribution in [2.75, 3.05) is 19.0 Å². The third-order valence-corrected chi connectivity index (χ3v) is 4.12. The SMILES string of the molecule is COC(=O)c1cccc(NC(=O)CCN(Cc2ccc(C)cc2)C(C)=O)c1. The number of nitrogens with zero attached hydrogens (tertiary/aromatic N) is 1. The van der Waals surface area contributed by atoms with E-state index < -0.39 is 5.97 Å². The molecule has 6 nitrogen and oxygen atoms in total. The minimum Gasteiger partial charge on any atom is -0.465 e. The van der Waals surface area contributed by atoms with Crippen molar-refractivity contribution in [2.45, 2.75) is 26.8 Å². The highest BCUT2D eigenvalue weighted by molar-refractivity contribution is 5.94. The second-order valence-corrected chi connectivity index (χ2v) is 6.30. The molecule has 0 radical (unpaired) electrons. The number of amides is 2. The molecule has 0 aliphatic rings. The van der Waals surface area contributed by atoms with Gasteiger partial charge in [0, 0.05) is 32.1 Å². The molecule has 1 N–H and O–H groups in total. The Hall–Kier alpha value is -3.15. The van der Waals surface area contributed by atoms with Crippen molar-refractivity contribution in [3.63, 3.8) is 0 Å². The largest absolute Gasteiger partial charge is 0.465 e. The first-order valence-electron chi connectivity index (χ1n) is 8.68. The van der Waals surface area contributed by atoms with Gasteiger partial charge in [-0.2, -0.15) is 0 Å². The number of carbonyl (C=O) groups excluding carboxylic acids is 3. The summed E-state index contributed by atoms with van der Waals surface area (Å²) >= 11 is 0. The lowest BCUT2D eigenvalue weighted by Crippen LogP contribution is -2.31. The molecule has 0 aliphatic heterocycles. The zero-order chi connectivity index (χ0) is 19.8. The Labute approximate surface area is 159 Å². The van der Waals surface area contributed by atoms with Crippen LogP contribution in [0.25, 0.3) is 0 Å². The van der Waals surface area contributed by atoms with E-state index in [4.69, 9.17) is 0 Å². The lowest BCUT2D eigenvalue weighted by molar-refractivity contribution is -0.129. The average molecular weight is 368 g/mol. The van der Waals surface area contributed by atoms with E-state index in [1.165, 1.54) is 14.0 Å². The average Bonchev–Trinajstić information content (AvgIpc) is 2.66. The Bertz CT molecular complexity index is 815. The van der Waals surface area contributed by atoms with Gasteiger partial charge >= 0.3 is 5.97 Å². The predicted molar refractivity (Wildman–Crippen MR) is 103 cm³/mol. The molecule has 0 spiro atoms. The molecule has 0 bridgehead atoms. The van der Waals surface area contributed by atoms with Gasteiger partial charge in [-0.1, -0.05) is 35.9 Å². The van der Waals surface area contributed by atoms with Gasteiger partial charge in [-0.15, -0.1) is 0 Å². The van der Waals surface area contributed by atoms with Crippen molar-refractivity contribution >= 4 is 23.5 Å². The first-order valence-corrected chi connectivity index (χ1v) is 8.68. The topological polar surface area (TPSA) is 75.7 Å². The Morgan fingerprint density at radius 1 is 1.07 bits per heavy atom. The van der Waals surface area contributed by atoms with Crippen molar-refractivity contribution in [3.05, 3.63) is 65.2 Å². The lowest BCUT2D eigenvalue weighted by atomic mass is 10.1. The highest BCUT2D eigenvalue weighted by Crippen LogP contribution is 2.13. The van der Waals surface area contributed by atoms with Crippen LogP contribution in [0.1, 0.15) is 34.8 Å². The standard InChI is InChI=1S/C21H24N2O4/c1-15-7-9-17(10-8-15)14-23(16(2)24)12-11-20(25)22-19-6-4-5-18(13-19)21(26)27-3/h4-10,13H,11-12,14H2,1-3H3,(H,22,25). The third-order valence-electron chi connectivity index (χ3n) is 4.12. The fourth-order valence-corrected chi connectivity index (χ4v) is 2.56. The summed E-state index contributed by atoms with van der Waals surface area (Å²) in [5.74, 6) is -0.782. The highest BCUT2D eigenvalue weighted by atomic mass is 16.5. The molecule has 2 amide bonds. The van der Waals surface area contributed by atoms with Crippen LogP contribution in [0.4, 0.5) is 5.69 Å². The molecule has 27 heavy (non-hydrogen) atoms. The number of rotatable bonds is 7. The zero-order valence-electron chi connectivity index (χ0n) is 15.8. The molecule has 0 saturated heterocycles. The first-order chi connectivity index (χ1) is 12.9. The molecule has 0 saturated carbocycles. The van der Waals surface area contributed by atoms with Crippen molar-refractivity contribution in [2.24, 2.45) is 0 Å². The number of nitrogens with one attached hydrogen (secondary N) is 1. The monoisotopic (exact) mass is 368 g/mol. The van der Waals surface area contributed by atoms with Gasteiger partial charge in [0.2, 0.25) is 11.8 Å². The summed E-state index contributed by atoms with van der Waals surface area (Å²) in [6, 6.07) is 14.5. The first kappa shape index (κ1) is 20.2. The van der Waals surface area contributed by atoms with E-state index in [1.807, 2.05) is 31.2 Å². The third kappa shape index (κ3) is 6.26. The van der Waals surface area contributed by atoms with Crippen molar-refractivity contribution < 1.29 is 19.1 Å². The number of carbonyl (C=O) groups is 3. The van der Waals surface area contributed by atoms with Gasteiger partial charge < -0.3 is 15.0 Å². The highest BCUT2D eigenvalue weighted by Gasteiger charge is 2.13. The number of hydrogen-bond acceptors (Lipinski definition) is 4. The maximum atomic E-state index is 12.2. The van der Waals surface area contributed by atoms with Crippen molar-refractivity contribution in [1.82, 2.24) is 4.90 Å². The van der Waals surface area contributed by atoms with Crippen molar-refractivity contribution in [3.8, 4) is 0 Å². The normalized spacial score (nSPS) is 10.2. The van der Waals surface area contributed by atoms with Gasteiger partial charge in [0.25, 0.3) is 0 Å². The number of anilines is 1. The molecule has 0 unspecified atom stereocenters. The van der Waals surface area contributed by atoms with Gasteiger partial charge in [0.15, 0.2) is 0 Å². The Morgan fingerprint density at radius 2 is 1.78 bits per heavy atom. The molecule has 0 heterocycles. The predicted octanol–water partition coefficient (Wildman–Crippen LogP) is 3.16. The fourth-order valence-electron chi connectivity index (χ4n) is 2.56. The molecule has 142 valence electrons. The molecule has 2 aromatic rings. The van der Waals surface area contributed by atoms with Crippen LogP contribution in [0.2, 0.25) is 0 Å². The quantitative estimate of drug-likeness (QED) is 0.762. The second-order valence-electron chi connectivity index (χ2n) is 6.30. The van der Waals surface area contributed by atoms with E-state index >= 15 is 0 Å². The summed E-state index contributed by atoms with van der Waals surface area (Å²) in [5.41, 5.74) is 3.04. The molecule has 0 fully saturated rings. The van der Waals surface area contributed by atoms with E-state index in [0.717, 1.165) is 11.1 Å². The van der Waals surface area contributed by atoms with Crippen LogP contribution in [-0.4, -0.2) is 36.3 Å². The maximum absolute atomic E-state index is 12.2. The minimum absolute atomic E-state index is 0.0870. The van der Waals surface area contributed by atoms with Gasteiger partial charge in [-0.05, 0) is 30.7 Å². The van der Waals surface area contributed by atoms with Crippen LogP contribution in [-0.2, 0) is 20.9 Å². The number of esters is 1. The molecule has 2 rings (SSSR count). The maximum Gasteiger partial charge on any atom is 0.337 e.